The number of nitrogens with zero attached hydrogens (tertiary/aromatic N) is 2. The third-order valence-electron chi connectivity index (χ3n) is 7.81. The van der Waals surface area contributed by atoms with Crippen molar-refractivity contribution in [3.8, 4) is 0 Å². The van der Waals surface area contributed by atoms with Gasteiger partial charge in [-0.05, 0) is 55.8 Å². The Morgan fingerprint density at radius 3 is 2.09 bits per heavy atom. The molecule has 1 aliphatic rings. The van der Waals surface area contributed by atoms with Gasteiger partial charge in [0.25, 0.3) is 0 Å². The third-order valence-corrected chi connectivity index (χ3v) is 7.81. The number of hydrogen-bond acceptors (Lipinski definition) is 8. The molecule has 0 spiro atoms. The molecule has 0 saturated heterocycles. The molecule has 0 aliphatic heterocycles. The molecular formula is C32H54N6O8. The Morgan fingerprint density at radius 2 is 1.50 bits per heavy atom. The van der Waals surface area contributed by atoms with Crippen molar-refractivity contribution in [2.24, 2.45) is 16.2 Å². The Bertz CT molecular complexity index is 1090. The first-order valence-electron chi connectivity index (χ1n) is 15.4. The fourth-order valence-electron chi connectivity index (χ4n) is 5.65. The summed E-state index contributed by atoms with van der Waals surface area (Å²) in [6.07, 6.45) is 5.54. The number of nitrogens with one attached hydrogen (secondary N) is 4. The summed E-state index contributed by atoms with van der Waals surface area (Å²) in [6, 6.07) is -1.28. The number of alkyl carbamates (subject to hydrolysis) is 1. The Hall–Kier alpha value is -3.94. The second-order valence-electron chi connectivity index (χ2n) is 14.3. The second-order valence-corrected chi connectivity index (χ2v) is 14.3. The van der Waals surface area contributed by atoms with Gasteiger partial charge in [-0.25, -0.2) is 24.2 Å². The van der Waals surface area contributed by atoms with E-state index in [4.69, 9.17) is 9.47 Å². The number of carbonyl (C=O) groups is 6. The minimum Gasteiger partial charge on any atom is -0.443 e. The summed E-state index contributed by atoms with van der Waals surface area (Å²) in [6.45, 7) is 21.5. The highest BCUT2D eigenvalue weighted by Gasteiger charge is 2.42. The van der Waals surface area contributed by atoms with E-state index in [1.807, 2.05) is 13.8 Å². The number of hydrogen-bond donors (Lipinski definition) is 4. The summed E-state index contributed by atoms with van der Waals surface area (Å²) < 4.78 is 11.1. The van der Waals surface area contributed by atoms with E-state index in [9.17, 15) is 28.8 Å². The van der Waals surface area contributed by atoms with Crippen molar-refractivity contribution in [3.05, 3.63) is 25.6 Å². The number of amides is 8. The molecule has 1 rings (SSSR count). The van der Waals surface area contributed by atoms with Crippen molar-refractivity contribution in [2.45, 2.75) is 92.2 Å². The summed E-state index contributed by atoms with van der Waals surface area (Å²) in [5.41, 5.74) is -1.60. The highest BCUT2D eigenvalue weighted by Crippen LogP contribution is 2.45. The highest BCUT2D eigenvalue weighted by molar-refractivity contribution is 5.86. The first-order valence-corrected chi connectivity index (χ1v) is 15.4. The van der Waals surface area contributed by atoms with Crippen LogP contribution in [0.25, 0.3) is 0 Å². The maximum Gasteiger partial charge on any atom is 0.407 e. The summed E-state index contributed by atoms with van der Waals surface area (Å²) in [5.74, 6) is -0.276. The van der Waals surface area contributed by atoms with Crippen LogP contribution >= 0.6 is 0 Å². The smallest absolute Gasteiger partial charge is 0.407 e. The summed E-state index contributed by atoms with van der Waals surface area (Å²) in [7, 11) is 0. The number of rotatable bonds is 18. The minimum absolute atomic E-state index is 0.0940. The van der Waals surface area contributed by atoms with Crippen molar-refractivity contribution in [1.82, 2.24) is 31.1 Å². The fourth-order valence-corrected chi connectivity index (χ4v) is 5.65. The first-order chi connectivity index (χ1) is 21.3. The molecule has 14 heteroatoms. The highest BCUT2D eigenvalue weighted by atomic mass is 16.6. The lowest BCUT2D eigenvalue weighted by atomic mass is 9.62. The molecule has 0 heterocycles. The van der Waals surface area contributed by atoms with E-state index in [1.165, 1.54) is 0 Å². The lowest BCUT2D eigenvalue weighted by Crippen LogP contribution is -2.52. The van der Waals surface area contributed by atoms with Gasteiger partial charge in [0.15, 0.2) is 0 Å². The molecule has 1 fully saturated rings. The van der Waals surface area contributed by atoms with Crippen LogP contribution in [-0.2, 0) is 23.9 Å². The Labute approximate surface area is 273 Å². The molecular weight excluding hydrogens is 596 g/mol. The molecule has 0 radical (unpaired) electrons. The standard InChI is InChI=1S/C32H54N6O8/c1-10-37(22-39)26(42)33-14-12-29(3,4)20-35-28(44)46-31(7,8)13-15-45-18-25(41)34-21-32(9)17-24(16-30(5,6)19-32)36-27(43)38(11-2)23-40/h10-11,22-24H,1-2,12-21H2,3-9H3,(H,33,42)(H,34,41)(H,35,44)(H,36,43). The van der Waals surface area contributed by atoms with Crippen LogP contribution in [0.2, 0.25) is 0 Å². The minimum atomic E-state index is -0.854. The van der Waals surface area contributed by atoms with Gasteiger partial charge < -0.3 is 30.7 Å². The van der Waals surface area contributed by atoms with Crippen LogP contribution in [0.4, 0.5) is 14.4 Å². The normalized spacial score (nSPS) is 19.1. The molecule has 1 aliphatic carbocycles. The Balaban J connectivity index is 2.43. The summed E-state index contributed by atoms with van der Waals surface area (Å²) in [5, 5.41) is 11.2. The van der Waals surface area contributed by atoms with Crippen molar-refractivity contribution < 1.29 is 38.2 Å². The summed E-state index contributed by atoms with van der Waals surface area (Å²) in [4.78, 5) is 72.8. The lowest BCUT2D eigenvalue weighted by Gasteiger charge is -2.47. The van der Waals surface area contributed by atoms with Crippen molar-refractivity contribution in [2.75, 3.05) is 32.8 Å². The number of carbonyl (C=O) groups excluding carboxylic acids is 6. The molecule has 4 N–H and O–H groups in total. The van der Waals surface area contributed by atoms with Crippen LogP contribution in [0.15, 0.2) is 25.6 Å². The second kappa shape index (κ2) is 17.7. The molecule has 2 atom stereocenters. The van der Waals surface area contributed by atoms with E-state index in [0.717, 1.165) is 35.0 Å². The SMILES string of the molecule is C=CN(C=O)C(=O)NCCC(C)(C)CNC(=O)OC(C)(C)CCOCC(=O)NCC1(C)CC(NC(=O)N(C=C)C=O)CC(C)(C)C1. The average Bonchev–Trinajstić information content (AvgIpc) is 2.93. The van der Waals surface area contributed by atoms with Gasteiger partial charge in [0.05, 0.1) is 6.61 Å². The zero-order valence-corrected chi connectivity index (χ0v) is 28.5. The van der Waals surface area contributed by atoms with Crippen LogP contribution in [0.3, 0.4) is 0 Å². The van der Waals surface area contributed by atoms with E-state index in [0.29, 0.717) is 51.7 Å². The zero-order valence-electron chi connectivity index (χ0n) is 28.5. The van der Waals surface area contributed by atoms with Gasteiger partial charge >= 0.3 is 18.2 Å². The van der Waals surface area contributed by atoms with Gasteiger partial charge in [-0.1, -0.05) is 47.8 Å². The van der Waals surface area contributed by atoms with Gasteiger partial charge in [-0.15, -0.1) is 0 Å². The van der Waals surface area contributed by atoms with Gasteiger partial charge in [0.1, 0.15) is 12.2 Å². The maximum absolute atomic E-state index is 12.6. The van der Waals surface area contributed by atoms with E-state index in [-0.39, 0.29) is 41.4 Å². The van der Waals surface area contributed by atoms with Crippen molar-refractivity contribution >= 4 is 36.9 Å². The molecule has 1 saturated carbocycles. The number of urea groups is 2. The number of ether oxygens (including phenoxy) is 2. The molecule has 0 aromatic heterocycles. The van der Waals surface area contributed by atoms with Gasteiger partial charge in [0, 0.05) is 44.5 Å². The number of imide groups is 2. The summed E-state index contributed by atoms with van der Waals surface area (Å²) >= 11 is 0. The van der Waals surface area contributed by atoms with E-state index < -0.39 is 23.8 Å². The maximum atomic E-state index is 12.6. The first kappa shape index (κ1) is 40.1. The predicted octanol–water partition coefficient (Wildman–Crippen LogP) is 3.64. The van der Waals surface area contributed by atoms with E-state index in [2.05, 4.69) is 55.2 Å². The monoisotopic (exact) mass is 650 g/mol. The predicted molar refractivity (Wildman–Crippen MR) is 173 cm³/mol. The zero-order chi connectivity index (χ0) is 35.2. The molecule has 0 bridgehead atoms. The quantitative estimate of drug-likeness (QED) is 0.128. The average molecular weight is 651 g/mol. The Morgan fingerprint density at radius 1 is 0.891 bits per heavy atom. The molecule has 46 heavy (non-hydrogen) atoms. The molecule has 0 aromatic carbocycles. The van der Waals surface area contributed by atoms with Crippen LogP contribution in [0.5, 0.6) is 0 Å². The van der Waals surface area contributed by atoms with Crippen LogP contribution < -0.4 is 21.3 Å². The molecule has 0 aromatic rings. The molecule has 260 valence electrons. The molecule has 8 amide bonds. The molecule has 14 nitrogen and oxygen atoms in total. The van der Waals surface area contributed by atoms with E-state index >= 15 is 0 Å². The third kappa shape index (κ3) is 14.9. The Kier molecular flexibility index (Phi) is 15.4. The van der Waals surface area contributed by atoms with Crippen LogP contribution in [-0.4, -0.2) is 91.2 Å². The van der Waals surface area contributed by atoms with Gasteiger partial charge in [0.2, 0.25) is 18.7 Å². The van der Waals surface area contributed by atoms with E-state index in [1.54, 1.807) is 13.8 Å². The molecule has 2 unspecified atom stereocenters. The van der Waals surface area contributed by atoms with Crippen LogP contribution in [0, 0.1) is 16.2 Å². The topological polar surface area (TPSA) is 175 Å². The van der Waals surface area contributed by atoms with Crippen molar-refractivity contribution in [3.63, 3.8) is 0 Å². The van der Waals surface area contributed by atoms with Gasteiger partial charge in [-0.3, -0.25) is 14.4 Å². The van der Waals surface area contributed by atoms with Crippen molar-refractivity contribution in [1.29, 1.82) is 0 Å². The fraction of sp³-hybridized carbons (Fsp3) is 0.688. The largest absolute Gasteiger partial charge is 0.443 e. The van der Waals surface area contributed by atoms with Gasteiger partial charge in [-0.2, -0.15) is 0 Å². The lowest BCUT2D eigenvalue weighted by molar-refractivity contribution is -0.127. The van der Waals surface area contributed by atoms with Crippen LogP contribution in [0.1, 0.15) is 80.6 Å².